The lowest BCUT2D eigenvalue weighted by Gasteiger charge is -2.31. The molecule has 5 nitrogen and oxygen atoms in total. The zero-order valence-electron chi connectivity index (χ0n) is 13.5. The molecule has 1 saturated heterocycles. The molecule has 23 heavy (non-hydrogen) atoms. The number of amides is 2. The molecule has 1 heterocycles. The average Bonchev–Trinajstić information content (AvgIpc) is 2.57. The standard InChI is InChI=1S/C17H24N2O3S/c1-2-22-17(21)19-11-8-14(9-12-19)18-16(20)10-13-23-15-6-4-3-5-7-15/h3-7,14H,2,8-13H2,1H3,(H,18,20). The van der Waals surface area contributed by atoms with Gasteiger partial charge in [-0.25, -0.2) is 4.79 Å². The molecule has 126 valence electrons. The van der Waals surface area contributed by atoms with Crippen molar-refractivity contribution in [3.63, 3.8) is 0 Å². The van der Waals surface area contributed by atoms with Gasteiger partial charge in [-0.3, -0.25) is 4.79 Å². The number of thioether (sulfide) groups is 1. The van der Waals surface area contributed by atoms with Crippen LogP contribution in [-0.4, -0.2) is 48.4 Å². The maximum Gasteiger partial charge on any atom is 0.409 e. The van der Waals surface area contributed by atoms with Gasteiger partial charge in [0.05, 0.1) is 6.61 Å². The van der Waals surface area contributed by atoms with Crippen molar-refractivity contribution >= 4 is 23.8 Å². The molecule has 0 aromatic heterocycles. The van der Waals surface area contributed by atoms with Crippen molar-refractivity contribution in [3.05, 3.63) is 30.3 Å². The fourth-order valence-corrected chi connectivity index (χ4v) is 3.37. The first-order valence-corrected chi connectivity index (χ1v) is 9.06. The van der Waals surface area contributed by atoms with Crippen LogP contribution >= 0.6 is 11.8 Å². The molecule has 1 aromatic rings. The van der Waals surface area contributed by atoms with Crippen LogP contribution < -0.4 is 5.32 Å². The fraction of sp³-hybridized carbons (Fsp3) is 0.529. The van der Waals surface area contributed by atoms with E-state index in [-0.39, 0.29) is 18.0 Å². The van der Waals surface area contributed by atoms with Crippen molar-refractivity contribution in [3.8, 4) is 0 Å². The molecule has 2 amide bonds. The monoisotopic (exact) mass is 336 g/mol. The molecule has 0 bridgehead atoms. The van der Waals surface area contributed by atoms with Gasteiger partial charge >= 0.3 is 6.09 Å². The van der Waals surface area contributed by atoms with Gasteiger partial charge < -0.3 is 15.0 Å². The third-order valence-electron chi connectivity index (χ3n) is 3.73. The number of carbonyl (C=O) groups is 2. The Labute approximate surface area is 141 Å². The summed E-state index contributed by atoms with van der Waals surface area (Å²) in [6.45, 7) is 3.48. The van der Waals surface area contributed by atoms with Gasteiger partial charge in [0.15, 0.2) is 0 Å². The van der Waals surface area contributed by atoms with Gasteiger partial charge in [-0.1, -0.05) is 18.2 Å². The second-order valence-corrected chi connectivity index (χ2v) is 6.61. The van der Waals surface area contributed by atoms with Gasteiger partial charge in [0.25, 0.3) is 0 Å². The molecular weight excluding hydrogens is 312 g/mol. The van der Waals surface area contributed by atoms with Gasteiger partial charge in [-0.05, 0) is 31.9 Å². The number of hydrogen-bond acceptors (Lipinski definition) is 4. The third-order valence-corrected chi connectivity index (χ3v) is 4.74. The smallest absolute Gasteiger partial charge is 0.409 e. The minimum absolute atomic E-state index is 0.0861. The molecule has 2 rings (SSSR count). The van der Waals surface area contributed by atoms with Crippen molar-refractivity contribution in [1.82, 2.24) is 10.2 Å². The van der Waals surface area contributed by atoms with Crippen LogP contribution in [0.3, 0.4) is 0 Å². The highest BCUT2D eigenvalue weighted by Crippen LogP contribution is 2.18. The Hall–Kier alpha value is -1.69. The molecule has 1 aliphatic rings. The molecular formula is C17H24N2O3S. The number of ether oxygens (including phenoxy) is 1. The first-order valence-electron chi connectivity index (χ1n) is 8.08. The lowest BCUT2D eigenvalue weighted by molar-refractivity contribution is -0.121. The van der Waals surface area contributed by atoms with Crippen LogP contribution in [0.4, 0.5) is 4.79 Å². The van der Waals surface area contributed by atoms with Crippen LogP contribution in [0.15, 0.2) is 35.2 Å². The number of rotatable bonds is 6. The predicted octanol–water partition coefficient (Wildman–Crippen LogP) is 2.91. The summed E-state index contributed by atoms with van der Waals surface area (Å²) in [4.78, 5) is 26.5. The molecule has 0 radical (unpaired) electrons. The Morgan fingerprint density at radius 3 is 2.61 bits per heavy atom. The maximum absolute atomic E-state index is 12.0. The highest BCUT2D eigenvalue weighted by Gasteiger charge is 2.24. The summed E-state index contributed by atoms with van der Waals surface area (Å²) >= 11 is 1.69. The van der Waals surface area contributed by atoms with Crippen molar-refractivity contribution in [1.29, 1.82) is 0 Å². The Morgan fingerprint density at radius 1 is 1.26 bits per heavy atom. The molecule has 0 saturated carbocycles. The summed E-state index contributed by atoms with van der Waals surface area (Å²) < 4.78 is 4.99. The van der Waals surface area contributed by atoms with Crippen LogP contribution in [0.5, 0.6) is 0 Å². The third kappa shape index (κ3) is 6.14. The molecule has 0 spiro atoms. The molecule has 1 aromatic carbocycles. The predicted molar refractivity (Wildman–Crippen MR) is 91.5 cm³/mol. The minimum atomic E-state index is -0.253. The lowest BCUT2D eigenvalue weighted by Crippen LogP contribution is -2.46. The topological polar surface area (TPSA) is 58.6 Å². The van der Waals surface area contributed by atoms with E-state index < -0.39 is 0 Å². The molecule has 6 heteroatoms. The van der Waals surface area contributed by atoms with E-state index in [4.69, 9.17) is 4.74 Å². The van der Waals surface area contributed by atoms with E-state index in [9.17, 15) is 9.59 Å². The van der Waals surface area contributed by atoms with Gasteiger partial charge in [-0.15, -0.1) is 11.8 Å². The summed E-state index contributed by atoms with van der Waals surface area (Å²) in [5.41, 5.74) is 0. The summed E-state index contributed by atoms with van der Waals surface area (Å²) in [5.74, 6) is 0.861. The Balaban J connectivity index is 1.62. The summed E-state index contributed by atoms with van der Waals surface area (Å²) in [7, 11) is 0. The summed E-state index contributed by atoms with van der Waals surface area (Å²) in [5, 5.41) is 3.07. The normalized spacial score (nSPS) is 15.3. The number of hydrogen-bond donors (Lipinski definition) is 1. The van der Waals surface area contributed by atoms with Crippen molar-refractivity contribution in [2.45, 2.75) is 37.1 Å². The van der Waals surface area contributed by atoms with Gasteiger partial charge in [0, 0.05) is 36.2 Å². The average molecular weight is 336 g/mol. The minimum Gasteiger partial charge on any atom is -0.450 e. The zero-order chi connectivity index (χ0) is 16.5. The molecule has 1 N–H and O–H groups in total. The van der Waals surface area contributed by atoms with E-state index in [1.54, 1.807) is 23.6 Å². The van der Waals surface area contributed by atoms with Crippen LogP contribution in [0.1, 0.15) is 26.2 Å². The SMILES string of the molecule is CCOC(=O)N1CCC(NC(=O)CCSc2ccccc2)CC1. The molecule has 0 atom stereocenters. The second kappa shape index (κ2) is 9.45. The molecule has 1 fully saturated rings. The number of benzene rings is 1. The van der Waals surface area contributed by atoms with E-state index >= 15 is 0 Å². The molecule has 1 aliphatic heterocycles. The van der Waals surface area contributed by atoms with Gasteiger partial charge in [-0.2, -0.15) is 0 Å². The highest BCUT2D eigenvalue weighted by atomic mass is 32.2. The van der Waals surface area contributed by atoms with E-state index in [0.717, 1.165) is 18.6 Å². The number of nitrogens with zero attached hydrogens (tertiary/aromatic N) is 1. The Morgan fingerprint density at radius 2 is 1.96 bits per heavy atom. The fourth-order valence-electron chi connectivity index (χ4n) is 2.50. The number of nitrogens with one attached hydrogen (secondary N) is 1. The lowest BCUT2D eigenvalue weighted by atomic mass is 10.1. The molecule has 0 aliphatic carbocycles. The van der Waals surface area contributed by atoms with Crippen molar-refractivity contribution < 1.29 is 14.3 Å². The van der Waals surface area contributed by atoms with Crippen molar-refractivity contribution in [2.75, 3.05) is 25.4 Å². The second-order valence-electron chi connectivity index (χ2n) is 5.44. The van der Waals surface area contributed by atoms with E-state index in [2.05, 4.69) is 5.32 Å². The van der Waals surface area contributed by atoms with E-state index in [1.807, 2.05) is 30.3 Å². The highest BCUT2D eigenvalue weighted by molar-refractivity contribution is 7.99. The quantitative estimate of drug-likeness (QED) is 0.812. The van der Waals surface area contributed by atoms with Crippen LogP contribution in [0.2, 0.25) is 0 Å². The zero-order valence-corrected chi connectivity index (χ0v) is 14.3. The first kappa shape index (κ1) is 17.7. The van der Waals surface area contributed by atoms with Gasteiger partial charge in [0.1, 0.15) is 0 Å². The van der Waals surface area contributed by atoms with Crippen LogP contribution in [-0.2, 0) is 9.53 Å². The Bertz CT molecular complexity index is 502. The largest absolute Gasteiger partial charge is 0.450 e. The molecule has 0 unspecified atom stereocenters. The van der Waals surface area contributed by atoms with Crippen LogP contribution in [0.25, 0.3) is 0 Å². The van der Waals surface area contributed by atoms with E-state index in [1.165, 1.54) is 4.90 Å². The number of likely N-dealkylation sites (tertiary alicyclic amines) is 1. The van der Waals surface area contributed by atoms with Crippen molar-refractivity contribution in [2.24, 2.45) is 0 Å². The summed E-state index contributed by atoms with van der Waals surface area (Å²) in [6, 6.07) is 10.2. The number of carbonyl (C=O) groups excluding carboxylic acids is 2. The Kier molecular flexibility index (Phi) is 7.26. The summed E-state index contributed by atoms with van der Waals surface area (Å²) in [6.07, 6.45) is 1.83. The number of piperidine rings is 1. The van der Waals surface area contributed by atoms with Crippen LogP contribution in [0, 0.1) is 0 Å². The first-order chi connectivity index (χ1) is 11.2. The van der Waals surface area contributed by atoms with E-state index in [0.29, 0.717) is 26.1 Å². The van der Waals surface area contributed by atoms with Gasteiger partial charge in [0.2, 0.25) is 5.91 Å². The maximum atomic E-state index is 12.0.